The van der Waals surface area contributed by atoms with Crippen molar-refractivity contribution in [2.45, 2.75) is 0 Å². The second kappa shape index (κ2) is 3.89. The number of hydrogen-bond donors (Lipinski definition) is 1. The fourth-order valence-electron chi connectivity index (χ4n) is 1.33. The summed E-state index contributed by atoms with van der Waals surface area (Å²) < 4.78 is 5.10. The minimum atomic E-state index is -0.399. The Bertz CT molecular complexity index is 578. The van der Waals surface area contributed by atoms with Crippen molar-refractivity contribution in [2.24, 2.45) is 0 Å². The molecule has 74 valence electrons. The Labute approximate surface area is 86.7 Å². The summed E-state index contributed by atoms with van der Waals surface area (Å²) in [6.07, 6.45) is 5.09. The zero-order valence-corrected chi connectivity index (χ0v) is 7.99. The van der Waals surface area contributed by atoms with Crippen molar-refractivity contribution >= 4 is 16.7 Å². The van der Waals surface area contributed by atoms with Crippen molar-refractivity contribution in [1.29, 1.82) is 0 Å². The van der Waals surface area contributed by atoms with Crippen LogP contribution in [0.4, 0.5) is 5.69 Å². The third-order valence-corrected chi connectivity index (χ3v) is 2.02. The highest BCUT2D eigenvalue weighted by Crippen LogP contribution is 2.14. The van der Waals surface area contributed by atoms with Gasteiger partial charge in [0.2, 0.25) is 0 Å². The summed E-state index contributed by atoms with van der Waals surface area (Å²) in [4.78, 5) is 11.4. The van der Waals surface area contributed by atoms with Gasteiger partial charge >= 0.3 is 5.63 Å². The number of fused-ring (bicyclic) bond motifs is 1. The van der Waals surface area contributed by atoms with Gasteiger partial charge in [0, 0.05) is 5.39 Å². The van der Waals surface area contributed by atoms with Crippen molar-refractivity contribution in [1.82, 2.24) is 0 Å². The molecule has 0 fully saturated rings. The van der Waals surface area contributed by atoms with Gasteiger partial charge in [-0.25, -0.2) is 4.79 Å². The molecule has 0 aliphatic rings. The number of anilines is 1. The van der Waals surface area contributed by atoms with Crippen molar-refractivity contribution in [2.75, 3.05) is 11.9 Å². The number of rotatable bonds is 2. The molecule has 0 atom stereocenters. The largest absolute Gasteiger partial charge is 0.421 e. The van der Waals surface area contributed by atoms with Gasteiger partial charge in [-0.15, -0.1) is 6.42 Å². The van der Waals surface area contributed by atoms with Crippen LogP contribution in [-0.4, -0.2) is 6.54 Å². The molecule has 1 aromatic carbocycles. The second-order valence-electron chi connectivity index (χ2n) is 3.04. The first-order valence-corrected chi connectivity index (χ1v) is 4.51. The van der Waals surface area contributed by atoms with Gasteiger partial charge in [-0.05, 0) is 12.1 Å². The molecular formula is C12H9NO2. The molecule has 0 saturated heterocycles. The summed E-state index contributed by atoms with van der Waals surface area (Å²) in [5, 5.41) is 3.68. The molecule has 2 aromatic rings. The molecule has 0 spiro atoms. The van der Waals surface area contributed by atoms with Crippen LogP contribution in [0, 0.1) is 12.3 Å². The van der Waals surface area contributed by atoms with E-state index >= 15 is 0 Å². The van der Waals surface area contributed by atoms with E-state index in [1.165, 1.54) is 0 Å². The van der Waals surface area contributed by atoms with Gasteiger partial charge in [-0.3, -0.25) is 0 Å². The zero-order chi connectivity index (χ0) is 10.7. The van der Waals surface area contributed by atoms with Crippen molar-refractivity contribution < 1.29 is 4.42 Å². The molecule has 3 nitrogen and oxygen atoms in total. The Morgan fingerprint density at radius 3 is 3.00 bits per heavy atom. The van der Waals surface area contributed by atoms with Crippen LogP contribution < -0.4 is 10.9 Å². The molecule has 1 N–H and O–H groups in total. The predicted molar refractivity (Wildman–Crippen MR) is 59.8 cm³/mol. The fourth-order valence-corrected chi connectivity index (χ4v) is 1.33. The van der Waals surface area contributed by atoms with Crippen LogP contribution in [0.15, 0.2) is 39.5 Å². The van der Waals surface area contributed by atoms with E-state index in [-0.39, 0.29) is 0 Å². The van der Waals surface area contributed by atoms with Gasteiger partial charge in [-0.2, -0.15) is 0 Å². The van der Waals surface area contributed by atoms with Gasteiger partial charge in [0.15, 0.2) is 0 Å². The molecule has 0 saturated carbocycles. The smallest absolute Gasteiger partial charge is 0.359 e. The number of para-hydroxylation sites is 1. The molecule has 0 bridgehead atoms. The lowest BCUT2D eigenvalue weighted by Crippen LogP contribution is -2.10. The van der Waals surface area contributed by atoms with Crippen LogP contribution in [0.2, 0.25) is 0 Å². The van der Waals surface area contributed by atoms with E-state index in [2.05, 4.69) is 11.2 Å². The Morgan fingerprint density at radius 1 is 1.40 bits per heavy atom. The third-order valence-electron chi connectivity index (χ3n) is 2.02. The Balaban J connectivity index is 2.53. The maximum Gasteiger partial charge on any atom is 0.359 e. The number of nitrogens with one attached hydrogen (secondary N) is 1. The van der Waals surface area contributed by atoms with E-state index in [4.69, 9.17) is 10.8 Å². The van der Waals surface area contributed by atoms with Gasteiger partial charge in [0.25, 0.3) is 0 Å². The lowest BCUT2D eigenvalue weighted by atomic mass is 10.2. The topological polar surface area (TPSA) is 42.2 Å². The summed E-state index contributed by atoms with van der Waals surface area (Å²) >= 11 is 0. The normalized spacial score (nSPS) is 9.80. The van der Waals surface area contributed by atoms with Crippen molar-refractivity contribution in [3.8, 4) is 12.3 Å². The lowest BCUT2D eigenvalue weighted by molar-refractivity contribution is 0.563. The fraction of sp³-hybridized carbons (Fsp3) is 0.0833. The molecule has 0 radical (unpaired) electrons. The summed E-state index contributed by atoms with van der Waals surface area (Å²) in [5.41, 5.74) is 0.573. The number of benzene rings is 1. The van der Waals surface area contributed by atoms with Gasteiger partial charge < -0.3 is 9.73 Å². The van der Waals surface area contributed by atoms with Crippen LogP contribution in [0.3, 0.4) is 0 Å². The average molecular weight is 199 g/mol. The van der Waals surface area contributed by atoms with Gasteiger partial charge in [-0.1, -0.05) is 24.1 Å². The quantitative estimate of drug-likeness (QED) is 0.592. The lowest BCUT2D eigenvalue weighted by Gasteiger charge is -2.01. The van der Waals surface area contributed by atoms with Gasteiger partial charge in [0.1, 0.15) is 11.3 Å². The third kappa shape index (κ3) is 1.84. The van der Waals surface area contributed by atoms with Gasteiger partial charge in [0.05, 0.1) is 6.54 Å². The minimum absolute atomic E-state index is 0.309. The number of hydrogen-bond acceptors (Lipinski definition) is 3. The molecule has 0 aliphatic heterocycles. The maximum absolute atomic E-state index is 11.4. The zero-order valence-electron chi connectivity index (χ0n) is 7.99. The molecule has 15 heavy (non-hydrogen) atoms. The summed E-state index contributed by atoms with van der Waals surface area (Å²) in [7, 11) is 0. The molecular weight excluding hydrogens is 190 g/mol. The summed E-state index contributed by atoms with van der Waals surface area (Å²) in [6, 6.07) is 9.06. The molecule has 3 heteroatoms. The van der Waals surface area contributed by atoms with E-state index < -0.39 is 5.63 Å². The predicted octanol–water partition coefficient (Wildman–Crippen LogP) is 1.84. The molecule has 0 aliphatic carbocycles. The Kier molecular flexibility index (Phi) is 2.42. The Morgan fingerprint density at radius 2 is 2.20 bits per heavy atom. The number of terminal acetylenes is 1. The molecule has 1 heterocycles. The SMILES string of the molecule is C#CCNc1cc2ccccc2oc1=O. The van der Waals surface area contributed by atoms with E-state index in [0.717, 1.165) is 5.39 Å². The van der Waals surface area contributed by atoms with Crippen LogP contribution >= 0.6 is 0 Å². The highest BCUT2D eigenvalue weighted by atomic mass is 16.4. The van der Waals surface area contributed by atoms with E-state index in [1.54, 1.807) is 12.1 Å². The van der Waals surface area contributed by atoms with E-state index in [0.29, 0.717) is 17.8 Å². The average Bonchev–Trinajstić information content (AvgIpc) is 2.26. The first-order chi connectivity index (χ1) is 7.31. The highest BCUT2D eigenvalue weighted by Gasteiger charge is 2.02. The van der Waals surface area contributed by atoms with Crippen LogP contribution in [0.1, 0.15) is 0 Å². The highest BCUT2D eigenvalue weighted by molar-refractivity contribution is 5.79. The summed E-state index contributed by atoms with van der Waals surface area (Å²) in [5.74, 6) is 2.40. The molecule has 1 aromatic heterocycles. The van der Waals surface area contributed by atoms with Crippen LogP contribution in [-0.2, 0) is 0 Å². The van der Waals surface area contributed by atoms with Crippen LogP contribution in [0.25, 0.3) is 11.0 Å². The standard InChI is InChI=1S/C12H9NO2/c1-2-7-13-10-8-9-5-3-4-6-11(9)15-12(10)14/h1,3-6,8,13H,7H2. The monoisotopic (exact) mass is 199 g/mol. The minimum Gasteiger partial charge on any atom is -0.421 e. The second-order valence-corrected chi connectivity index (χ2v) is 3.04. The first-order valence-electron chi connectivity index (χ1n) is 4.51. The first kappa shape index (κ1) is 9.35. The van der Waals surface area contributed by atoms with E-state index in [9.17, 15) is 4.79 Å². The molecule has 0 amide bonds. The maximum atomic E-state index is 11.4. The van der Waals surface area contributed by atoms with Crippen molar-refractivity contribution in [3.05, 3.63) is 40.8 Å². The van der Waals surface area contributed by atoms with Crippen molar-refractivity contribution in [3.63, 3.8) is 0 Å². The van der Waals surface area contributed by atoms with E-state index in [1.807, 2.05) is 18.2 Å². The molecule has 2 rings (SSSR count). The van der Waals surface area contributed by atoms with Crippen LogP contribution in [0.5, 0.6) is 0 Å². The molecule has 0 unspecified atom stereocenters. The summed E-state index contributed by atoms with van der Waals surface area (Å²) in [6.45, 7) is 0.309. The Hall–Kier alpha value is -2.21.